The average molecular weight is 306 g/mol. The van der Waals surface area contributed by atoms with Gasteiger partial charge in [-0.3, -0.25) is 0 Å². The van der Waals surface area contributed by atoms with Crippen molar-refractivity contribution in [2.24, 2.45) is 5.92 Å². The van der Waals surface area contributed by atoms with Crippen LogP contribution in [0.1, 0.15) is 27.2 Å². The van der Waals surface area contributed by atoms with Crippen molar-refractivity contribution in [1.29, 1.82) is 0 Å². The number of hydrogen-bond donors (Lipinski definition) is 0. The molecule has 0 amide bonds. The van der Waals surface area contributed by atoms with Gasteiger partial charge < -0.3 is 14.2 Å². The zero-order valence-corrected chi connectivity index (χ0v) is 13.6. The zero-order chi connectivity index (χ0) is 14.9. The van der Waals surface area contributed by atoms with Crippen LogP contribution in [0.5, 0.6) is 0 Å². The summed E-state index contributed by atoms with van der Waals surface area (Å²) < 4.78 is 17.9. The van der Waals surface area contributed by atoms with E-state index >= 15 is 0 Å². The molecule has 2 aliphatic rings. The van der Waals surface area contributed by atoms with Gasteiger partial charge in [0, 0.05) is 4.90 Å². The molecule has 0 aromatic heterocycles. The maximum absolute atomic E-state index is 6.20. The average Bonchev–Trinajstić information content (AvgIpc) is 2.82. The number of thioether (sulfide) groups is 1. The van der Waals surface area contributed by atoms with Gasteiger partial charge in [-0.2, -0.15) is 0 Å². The third-order valence-corrected chi connectivity index (χ3v) is 4.80. The molecule has 0 N–H and O–H groups in total. The SMILES string of the molecule is C[C@@H]1CC=C(Sc2ccccc2)O[C@H]1[C@H]1COC(C)(C)O1. The van der Waals surface area contributed by atoms with E-state index in [4.69, 9.17) is 14.2 Å². The number of allylic oxidation sites excluding steroid dienone is 1. The van der Waals surface area contributed by atoms with Crippen LogP contribution in [0, 0.1) is 5.92 Å². The van der Waals surface area contributed by atoms with E-state index < -0.39 is 5.79 Å². The van der Waals surface area contributed by atoms with E-state index in [1.54, 1.807) is 11.8 Å². The van der Waals surface area contributed by atoms with Crippen LogP contribution in [0.25, 0.3) is 0 Å². The summed E-state index contributed by atoms with van der Waals surface area (Å²) in [7, 11) is 0. The van der Waals surface area contributed by atoms with Crippen LogP contribution in [-0.4, -0.2) is 24.6 Å². The molecule has 1 aromatic carbocycles. The molecule has 21 heavy (non-hydrogen) atoms. The van der Waals surface area contributed by atoms with E-state index in [0.717, 1.165) is 11.5 Å². The van der Waals surface area contributed by atoms with E-state index in [9.17, 15) is 0 Å². The molecule has 0 radical (unpaired) electrons. The highest BCUT2D eigenvalue weighted by molar-refractivity contribution is 8.02. The predicted molar refractivity (Wildman–Crippen MR) is 83.9 cm³/mol. The first kappa shape index (κ1) is 14.9. The summed E-state index contributed by atoms with van der Waals surface area (Å²) in [4.78, 5) is 1.20. The van der Waals surface area contributed by atoms with Crippen molar-refractivity contribution < 1.29 is 14.2 Å². The summed E-state index contributed by atoms with van der Waals surface area (Å²) in [6.07, 6.45) is 3.26. The lowest BCUT2D eigenvalue weighted by Gasteiger charge is -2.33. The quantitative estimate of drug-likeness (QED) is 0.836. The highest BCUT2D eigenvalue weighted by Gasteiger charge is 2.41. The smallest absolute Gasteiger partial charge is 0.163 e. The molecule has 3 nitrogen and oxygen atoms in total. The Morgan fingerprint density at radius 2 is 1.95 bits per heavy atom. The highest BCUT2D eigenvalue weighted by Crippen LogP contribution is 2.38. The van der Waals surface area contributed by atoms with Gasteiger partial charge in [-0.15, -0.1) is 0 Å². The number of benzene rings is 1. The molecule has 1 saturated heterocycles. The molecule has 3 atom stereocenters. The third kappa shape index (κ3) is 3.62. The Kier molecular flexibility index (Phi) is 4.29. The molecule has 0 unspecified atom stereocenters. The fourth-order valence-electron chi connectivity index (χ4n) is 2.70. The Bertz CT molecular complexity index is 512. The standard InChI is InChI=1S/C17H22O3S/c1-12-9-10-15(21-13-7-5-4-6-8-13)19-16(12)14-11-18-17(2,3)20-14/h4-8,10,12,14,16H,9,11H2,1-3H3/t12-,14-,16-/m1/s1. The van der Waals surface area contributed by atoms with Crippen LogP contribution in [0.15, 0.2) is 46.4 Å². The van der Waals surface area contributed by atoms with Gasteiger partial charge in [0.25, 0.3) is 0 Å². The molecule has 114 valence electrons. The van der Waals surface area contributed by atoms with Crippen molar-refractivity contribution in [3.8, 4) is 0 Å². The highest BCUT2D eigenvalue weighted by atomic mass is 32.2. The molecule has 1 fully saturated rings. The van der Waals surface area contributed by atoms with E-state index in [1.807, 2.05) is 32.0 Å². The summed E-state index contributed by atoms with van der Waals surface area (Å²) in [6, 6.07) is 10.3. The molecule has 0 aliphatic carbocycles. The van der Waals surface area contributed by atoms with Crippen molar-refractivity contribution in [3.05, 3.63) is 41.5 Å². The summed E-state index contributed by atoms with van der Waals surface area (Å²) in [5.74, 6) is -0.0608. The molecule has 0 bridgehead atoms. The van der Waals surface area contributed by atoms with Gasteiger partial charge in [-0.25, -0.2) is 0 Å². The van der Waals surface area contributed by atoms with Crippen LogP contribution in [0.2, 0.25) is 0 Å². The van der Waals surface area contributed by atoms with E-state index in [0.29, 0.717) is 12.5 Å². The molecule has 1 aromatic rings. The largest absolute Gasteiger partial charge is 0.481 e. The third-order valence-electron chi connectivity index (χ3n) is 3.83. The second-order valence-electron chi connectivity index (χ2n) is 6.10. The van der Waals surface area contributed by atoms with Gasteiger partial charge in [0.05, 0.1) is 6.61 Å². The molecule has 0 saturated carbocycles. The van der Waals surface area contributed by atoms with Crippen LogP contribution < -0.4 is 0 Å². The van der Waals surface area contributed by atoms with Crippen LogP contribution >= 0.6 is 11.8 Å². The van der Waals surface area contributed by atoms with Crippen LogP contribution in [-0.2, 0) is 14.2 Å². The molecule has 4 heteroatoms. The molecule has 0 spiro atoms. The monoisotopic (exact) mass is 306 g/mol. The van der Waals surface area contributed by atoms with Crippen molar-refractivity contribution in [2.45, 2.75) is 50.1 Å². The van der Waals surface area contributed by atoms with Gasteiger partial charge in [-0.1, -0.05) is 36.9 Å². The predicted octanol–water partition coefficient (Wildman–Crippen LogP) is 4.20. The van der Waals surface area contributed by atoms with Gasteiger partial charge in [-0.05, 0) is 44.4 Å². The zero-order valence-electron chi connectivity index (χ0n) is 12.7. The van der Waals surface area contributed by atoms with Crippen molar-refractivity contribution in [1.82, 2.24) is 0 Å². The maximum Gasteiger partial charge on any atom is 0.163 e. The number of hydrogen-bond acceptors (Lipinski definition) is 4. The molecule has 2 aliphatic heterocycles. The Hall–Kier alpha value is -0.970. The number of rotatable bonds is 3. The first-order valence-corrected chi connectivity index (χ1v) is 8.27. The Balaban J connectivity index is 1.66. The first-order valence-electron chi connectivity index (χ1n) is 7.45. The van der Waals surface area contributed by atoms with Gasteiger partial charge >= 0.3 is 0 Å². The first-order chi connectivity index (χ1) is 10.0. The Labute approximate surface area is 130 Å². The van der Waals surface area contributed by atoms with Gasteiger partial charge in [0.15, 0.2) is 10.9 Å². The minimum atomic E-state index is -0.498. The fourth-order valence-corrected chi connectivity index (χ4v) is 3.57. The fraction of sp³-hybridized carbons (Fsp3) is 0.529. The minimum Gasteiger partial charge on any atom is -0.481 e. The Morgan fingerprint density at radius 3 is 2.62 bits per heavy atom. The normalized spacial score (nSPS) is 31.6. The van der Waals surface area contributed by atoms with Gasteiger partial charge in [0.2, 0.25) is 0 Å². The summed E-state index contributed by atoms with van der Waals surface area (Å²) in [5.41, 5.74) is 0. The van der Waals surface area contributed by atoms with E-state index in [-0.39, 0.29) is 12.2 Å². The maximum atomic E-state index is 6.20. The lowest BCUT2D eigenvalue weighted by Crippen LogP contribution is -2.38. The molecular formula is C17H22O3S. The van der Waals surface area contributed by atoms with Crippen molar-refractivity contribution >= 4 is 11.8 Å². The van der Waals surface area contributed by atoms with Crippen molar-refractivity contribution in [3.63, 3.8) is 0 Å². The Morgan fingerprint density at radius 1 is 1.19 bits per heavy atom. The summed E-state index contributed by atoms with van der Waals surface area (Å²) >= 11 is 1.67. The molecular weight excluding hydrogens is 284 g/mol. The molecule has 3 rings (SSSR count). The lowest BCUT2D eigenvalue weighted by molar-refractivity contribution is -0.157. The summed E-state index contributed by atoms with van der Waals surface area (Å²) in [5, 5.41) is 0.970. The van der Waals surface area contributed by atoms with Gasteiger partial charge in [0.1, 0.15) is 12.2 Å². The van der Waals surface area contributed by atoms with Crippen LogP contribution in [0.4, 0.5) is 0 Å². The second kappa shape index (κ2) is 6.03. The van der Waals surface area contributed by atoms with E-state index in [2.05, 4.69) is 25.1 Å². The minimum absolute atomic E-state index is 0.00933. The number of ether oxygens (including phenoxy) is 3. The summed E-state index contributed by atoms with van der Waals surface area (Å²) in [6.45, 7) is 6.72. The molecule has 2 heterocycles. The topological polar surface area (TPSA) is 27.7 Å². The second-order valence-corrected chi connectivity index (χ2v) is 7.18. The van der Waals surface area contributed by atoms with Crippen LogP contribution in [0.3, 0.4) is 0 Å². The lowest BCUT2D eigenvalue weighted by atomic mass is 9.95. The van der Waals surface area contributed by atoms with Crippen molar-refractivity contribution in [2.75, 3.05) is 6.61 Å². The van der Waals surface area contributed by atoms with E-state index in [1.165, 1.54) is 4.90 Å².